The third-order valence-corrected chi connectivity index (χ3v) is 6.24. The zero-order chi connectivity index (χ0) is 21.2. The highest BCUT2D eigenvalue weighted by Gasteiger charge is 2.21. The van der Waals surface area contributed by atoms with Crippen LogP contribution in [0.25, 0.3) is 11.0 Å². The number of aromatic nitrogens is 3. The highest BCUT2D eigenvalue weighted by Crippen LogP contribution is 2.19. The molecule has 0 aliphatic heterocycles. The molecule has 3 aromatic rings. The Kier molecular flexibility index (Phi) is 6.06. The van der Waals surface area contributed by atoms with Crippen LogP contribution in [0.15, 0.2) is 47.4 Å². The molecule has 1 aromatic heterocycles. The second-order valence-electron chi connectivity index (χ2n) is 6.49. The average Bonchev–Trinajstić information content (AvgIpc) is 3.09. The van der Waals surface area contributed by atoms with Crippen molar-refractivity contribution in [2.75, 3.05) is 14.1 Å². The van der Waals surface area contributed by atoms with E-state index >= 15 is 0 Å². The number of hydrogen-bond acceptors (Lipinski definition) is 6. The second-order valence-corrected chi connectivity index (χ2v) is 9.08. The van der Waals surface area contributed by atoms with E-state index in [1.807, 2.05) is 12.1 Å². The molecule has 0 saturated heterocycles. The maximum atomic E-state index is 12.3. The van der Waals surface area contributed by atoms with E-state index < -0.39 is 16.1 Å². The summed E-state index contributed by atoms with van der Waals surface area (Å²) in [7, 11) is -0.744. The Labute approximate surface area is 173 Å². The first-order chi connectivity index (χ1) is 13.7. The molecule has 1 heterocycles. The Morgan fingerprint density at radius 1 is 1.24 bits per heavy atom. The van der Waals surface area contributed by atoms with Gasteiger partial charge in [0.15, 0.2) is 0 Å². The number of rotatable bonds is 7. The summed E-state index contributed by atoms with van der Waals surface area (Å²) in [6, 6.07) is 11.5. The molecule has 0 spiro atoms. The van der Waals surface area contributed by atoms with E-state index in [0.29, 0.717) is 22.6 Å². The summed E-state index contributed by atoms with van der Waals surface area (Å²) in [6.45, 7) is 1.87. The van der Waals surface area contributed by atoms with Crippen LogP contribution in [0.3, 0.4) is 0 Å². The van der Waals surface area contributed by atoms with E-state index in [9.17, 15) is 13.2 Å². The monoisotopic (exact) mass is 437 g/mol. The Morgan fingerprint density at radius 2 is 1.93 bits per heavy atom. The van der Waals surface area contributed by atoms with Crippen LogP contribution < -0.4 is 10.2 Å². The molecule has 0 saturated carbocycles. The third-order valence-electron chi connectivity index (χ3n) is 4.17. The van der Waals surface area contributed by atoms with Crippen LogP contribution in [-0.4, -0.2) is 54.0 Å². The summed E-state index contributed by atoms with van der Waals surface area (Å²) in [5.41, 5.74) is 1.67. The van der Waals surface area contributed by atoms with E-state index in [4.69, 9.17) is 16.4 Å². The number of carbonyl (C=O) groups is 1. The number of carbonyl (C=O) groups excluding carboxylic acids is 1. The fourth-order valence-corrected chi connectivity index (χ4v) is 3.51. The van der Waals surface area contributed by atoms with Crippen LogP contribution in [0.2, 0.25) is 5.02 Å². The van der Waals surface area contributed by atoms with Crippen molar-refractivity contribution < 1.29 is 18.0 Å². The lowest BCUT2D eigenvalue weighted by molar-refractivity contribution is -0.133. The van der Waals surface area contributed by atoms with E-state index in [-0.39, 0.29) is 10.8 Å². The number of benzene rings is 2. The SMILES string of the molecule is CC(On1nnc2ccc(S(=O)(=O)N(C)C)cc21)C(=O)NCc1ccc(Cl)cc1. The third kappa shape index (κ3) is 4.66. The maximum Gasteiger partial charge on any atom is 0.263 e. The van der Waals surface area contributed by atoms with Crippen LogP contribution >= 0.6 is 11.6 Å². The average molecular weight is 438 g/mol. The molecule has 0 radical (unpaired) electrons. The minimum atomic E-state index is -3.63. The van der Waals surface area contributed by atoms with Gasteiger partial charge in [-0.15, -0.1) is 5.10 Å². The maximum absolute atomic E-state index is 12.3. The minimum absolute atomic E-state index is 0.0713. The molecule has 0 fully saturated rings. The molecule has 1 unspecified atom stereocenters. The number of amides is 1. The van der Waals surface area contributed by atoms with Crippen molar-refractivity contribution >= 4 is 38.6 Å². The van der Waals surface area contributed by atoms with Crippen LogP contribution in [0.5, 0.6) is 0 Å². The number of nitrogens with one attached hydrogen (secondary N) is 1. The Bertz CT molecular complexity index is 1130. The van der Waals surface area contributed by atoms with Gasteiger partial charge in [-0.2, -0.15) is 0 Å². The smallest absolute Gasteiger partial charge is 0.263 e. The van der Waals surface area contributed by atoms with Gasteiger partial charge in [-0.05, 0) is 48.0 Å². The highest BCUT2D eigenvalue weighted by atomic mass is 35.5. The van der Waals surface area contributed by atoms with Gasteiger partial charge in [-0.1, -0.05) is 28.6 Å². The molecule has 1 amide bonds. The summed E-state index contributed by atoms with van der Waals surface area (Å²) in [6.07, 6.45) is -0.888. The van der Waals surface area contributed by atoms with Crippen molar-refractivity contribution in [3.05, 3.63) is 53.1 Å². The molecule has 2 aromatic carbocycles. The molecular weight excluding hydrogens is 418 g/mol. The predicted molar refractivity (Wildman–Crippen MR) is 108 cm³/mol. The Balaban J connectivity index is 1.73. The normalized spacial score (nSPS) is 12.9. The van der Waals surface area contributed by atoms with Crippen LogP contribution in [0.4, 0.5) is 0 Å². The first kappa shape index (κ1) is 21.0. The minimum Gasteiger partial charge on any atom is -0.382 e. The van der Waals surface area contributed by atoms with Gasteiger partial charge in [-0.3, -0.25) is 4.79 Å². The molecule has 1 N–H and O–H groups in total. The summed E-state index contributed by atoms with van der Waals surface area (Å²) in [5, 5.41) is 11.2. The van der Waals surface area contributed by atoms with Crippen molar-refractivity contribution in [3.8, 4) is 0 Å². The second kappa shape index (κ2) is 8.36. The van der Waals surface area contributed by atoms with E-state index in [1.54, 1.807) is 19.1 Å². The quantitative estimate of drug-likeness (QED) is 0.599. The van der Waals surface area contributed by atoms with E-state index in [0.717, 1.165) is 14.7 Å². The summed E-state index contributed by atoms with van der Waals surface area (Å²) in [5.74, 6) is -0.360. The molecule has 1 atom stereocenters. The van der Waals surface area contributed by atoms with Crippen molar-refractivity contribution in [2.24, 2.45) is 0 Å². The topological polar surface area (TPSA) is 106 Å². The van der Waals surface area contributed by atoms with Crippen molar-refractivity contribution in [3.63, 3.8) is 0 Å². The molecular formula is C18H20ClN5O4S. The number of fused-ring (bicyclic) bond motifs is 1. The summed E-state index contributed by atoms with van der Waals surface area (Å²) < 4.78 is 25.8. The lowest BCUT2D eigenvalue weighted by Gasteiger charge is -2.14. The predicted octanol–water partition coefficient (Wildman–Crippen LogP) is 1.47. The largest absolute Gasteiger partial charge is 0.382 e. The fraction of sp³-hybridized carbons (Fsp3) is 0.278. The van der Waals surface area contributed by atoms with E-state index in [1.165, 1.54) is 32.3 Å². The van der Waals surface area contributed by atoms with Gasteiger partial charge in [0.05, 0.1) is 4.90 Å². The number of nitrogens with zero attached hydrogens (tertiary/aromatic N) is 4. The molecule has 11 heteroatoms. The molecule has 0 bridgehead atoms. The van der Waals surface area contributed by atoms with Crippen molar-refractivity contribution in [1.29, 1.82) is 0 Å². The van der Waals surface area contributed by atoms with Crippen LogP contribution in [0.1, 0.15) is 12.5 Å². The fourth-order valence-electron chi connectivity index (χ4n) is 2.46. The number of hydrogen-bond donors (Lipinski definition) is 1. The molecule has 29 heavy (non-hydrogen) atoms. The van der Waals surface area contributed by atoms with Gasteiger partial charge >= 0.3 is 0 Å². The van der Waals surface area contributed by atoms with Gasteiger partial charge in [0.2, 0.25) is 16.1 Å². The van der Waals surface area contributed by atoms with Crippen LogP contribution in [-0.2, 0) is 21.4 Å². The van der Waals surface area contributed by atoms with Crippen LogP contribution in [0, 0.1) is 0 Å². The standard InChI is InChI=1S/C18H20ClN5O4S/c1-12(18(25)20-11-13-4-6-14(19)7-5-13)28-24-17-10-15(29(26,27)23(2)3)8-9-16(17)21-22-24/h4-10,12H,11H2,1-3H3,(H,20,25). The molecule has 9 nitrogen and oxygen atoms in total. The van der Waals surface area contributed by atoms with Crippen molar-refractivity contribution in [2.45, 2.75) is 24.5 Å². The zero-order valence-corrected chi connectivity index (χ0v) is 17.6. The lowest BCUT2D eigenvalue weighted by Crippen LogP contribution is -2.39. The van der Waals surface area contributed by atoms with Crippen molar-refractivity contribution in [1.82, 2.24) is 24.8 Å². The van der Waals surface area contributed by atoms with Gasteiger partial charge in [0, 0.05) is 25.7 Å². The van der Waals surface area contributed by atoms with Gasteiger partial charge in [-0.25, -0.2) is 12.7 Å². The number of sulfonamides is 1. The highest BCUT2D eigenvalue weighted by molar-refractivity contribution is 7.89. The Hall–Kier alpha value is -2.69. The molecule has 0 aliphatic rings. The lowest BCUT2D eigenvalue weighted by atomic mass is 10.2. The molecule has 154 valence electrons. The van der Waals surface area contributed by atoms with Gasteiger partial charge in [0.1, 0.15) is 11.0 Å². The Morgan fingerprint density at radius 3 is 2.59 bits per heavy atom. The molecule has 0 aliphatic carbocycles. The van der Waals surface area contributed by atoms with E-state index in [2.05, 4.69) is 15.6 Å². The summed E-state index contributed by atoms with van der Waals surface area (Å²) in [4.78, 5) is 19.0. The molecule has 3 rings (SSSR count). The summed E-state index contributed by atoms with van der Waals surface area (Å²) >= 11 is 5.85. The first-order valence-electron chi connectivity index (χ1n) is 8.66. The number of halogens is 1. The van der Waals surface area contributed by atoms with Gasteiger partial charge in [0.25, 0.3) is 5.91 Å². The van der Waals surface area contributed by atoms with Gasteiger partial charge < -0.3 is 10.2 Å². The first-order valence-corrected chi connectivity index (χ1v) is 10.5. The zero-order valence-electron chi connectivity index (χ0n) is 16.0.